The van der Waals surface area contributed by atoms with Crippen LogP contribution in [0.2, 0.25) is 0 Å². The van der Waals surface area contributed by atoms with E-state index in [1.165, 1.54) is 11.3 Å². The lowest BCUT2D eigenvalue weighted by Crippen LogP contribution is -1.92. The van der Waals surface area contributed by atoms with Gasteiger partial charge in [0.15, 0.2) is 0 Å². The molecule has 0 aliphatic rings. The van der Waals surface area contributed by atoms with E-state index >= 15 is 0 Å². The summed E-state index contributed by atoms with van der Waals surface area (Å²) in [6.07, 6.45) is 2.84. The van der Waals surface area contributed by atoms with Crippen molar-refractivity contribution in [3.8, 4) is 0 Å². The Morgan fingerprint density at radius 2 is 1.94 bits per heavy atom. The van der Waals surface area contributed by atoms with E-state index in [1.54, 1.807) is 0 Å². The maximum absolute atomic E-state index is 4.36. The highest BCUT2D eigenvalue weighted by atomic mass is 79.9. The van der Waals surface area contributed by atoms with Crippen LogP contribution in [0.5, 0.6) is 0 Å². The molecule has 0 spiro atoms. The molecule has 3 heteroatoms. The van der Waals surface area contributed by atoms with Gasteiger partial charge >= 0.3 is 0 Å². The summed E-state index contributed by atoms with van der Waals surface area (Å²) in [6.45, 7) is 4.28. The molecule has 0 unspecified atom stereocenters. The van der Waals surface area contributed by atoms with Gasteiger partial charge < -0.3 is 4.98 Å². The third-order valence-corrected chi connectivity index (χ3v) is 3.03. The Morgan fingerprint density at radius 3 is 2.50 bits per heavy atom. The highest BCUT2D eigenvalue weighted by molar-refractivity contribution is 9.10. The van der Waals surface area contributed by atoms with Gasteiger partial charge in [-0.25, -0.2) is 4.98 Å². The van der Waals surface area contributed by atoms with Gasteiger partial charge in [-0.15, -0.1) is 0 Å². The maximum Gasteiger partial charge on any atom is 0.108 e. The molecule has 1 N–H and O–H groups in total. The first-order chi connectivity index (χ1) is 7.65. The second kappa shape index (κ2) is 4.83. The summed E-state index contributed by atoms with van der Waals surface area (Å²) < 4.78 is 1.11. The topological polar surface area (TPSA) is 28.7 Å². The molecule has 0 radical (unpaired) electrons. The van der Waals surface area contributed by atoms with Crippen LogP contribution >= 0.6 is 15.9 Å². The summed E-state index contributed by atoms with van der Waals surface area (Å²) in [7, 11) is 0. The molecular weight excluding hydrogens is 264 g/mol. The highest BCUT2D eigenvalue weighted by Gasteiger charge is 2.04. The quantitative estimate of drug-likeness (QED) is 0.907. The molecule has 2 aromatic rings. The van der Waals surface area contributed by atoms with Crippen molar-refractivity contribution in [2.75, 3.05) is 0 Å². The second-order valence-corrected chi connectivity index (χ2v) is 5.17. The first-order valence-corrected chi connectivity index (χ1v) is 6.22. The lowest BCUT2D eigenvalue weighted by atomic mass is 10.1. The van der Waals surface area contributed by atoms with Crippen molar-refractivity contribution in [3.05, 3.63) is 52.0 Å². The number of benzene rings is 1. The molecule has 1 aromatic carbocycles. The Kier molecular flexibility index (Phi) is 3.44. The van der Waals surface area contributed by atoms with Gasteiger partial charge in [0.1, 0.15) is 5.82 Å². The van der Waals surface area contributed by atoms with Crippen molar-refractivity contribution < 1.29 is 0 Å². The van der Waals surface area contributed by atoms with Crippen LogP contribution in [0.25, 0.3) is 0 Å². The van der Waals surface area contributed by atoms with E-state index in [2.05, 4.69) is 64.0 Å². The van der Waals surface area contributed by atoms with Gasteiger partial charge in [0, 0.05) is 28.7 Å². The zero-order valence-corrected chi connectivity index (χ0v) is 11.1. The van der Waals surface area contributed by atoms with Crippen LogP contribution in [0, 0.1) is 0 Å². The van der Waals surface area contributed by atoms with Gasteiger partial charge in [-0.05, 0) is 17.7 Å². The number of hydrogen-bond acceptors (Lipinski definition) is 1. The fourth-order valence-electron chi connectivity index (χ4n) is 1.58. The van der Waals surface area contributed by atoms with E-state index in [1.807, 2.05) is 6.20 Å². The van der Waals surface area contributed by atoms with Crippen LogP contribution in [-0.4, -0.2) is 9.97 Å². The number of aromatic nitrogens is 2. The number of H-pyrrole nitrogens is 1. The van der Waals surface area contributed by atoms with Crippen molar-refractivity contribution in [2.45, 2.75) is 26.2 Å². The molecule has 0 bridgehead atoms. The fourth-order valence-corrected chi connectivity index (χ4v) is 1.85. The van der Waals surface area contributed by atoms with Crippen molar-refractivity contribution >= 4 is 15.9 Å². The zero-order chi connectivity index (χ0) is 11.5. The molecule has 2 rings (SSSR count). The number of nitrogens with zero attached hydrogens (tertiary/aromatic N) is 1. The Labute approximate surface area is 104 Å². The van der Waals surface area contributed by atoms with Crippen molar-refractivity contribution in [1.82, 2.24) is 9.97 Å². The first-order valence-electron chi connectivity index (χ1n) is 5.43. The van der Waals surface area contributed by atoms with Crippen LogP contribution in [-0.2, 0) is 6.42 Å². The minimum atomic E-state index is 0.457. The van der Waals surface area contributed by atoms with Crippen molar-refractivity contribution in [1.29, 1.82) is 0 Å². The average molecular weight is 279 g/mol. The predicted molar refractivity (Wildman–Crippen MR) is 69.6 cm³/mol. The van der Waals surface area contributed by atoms with Gasteiger partial charge in [-0.3, -0.25) is 0 Å². The Morgan fingerprint density at radius 1 is 1.25 bits per heavy atom. The molecule has 1 heterocycles. The second-order valence-electron chi connectivity index (χ2n) is 4.25. The van der Waals surface area contributed by atoms with E-state index in [4.69, 9.17) is 0 Å². The SMILES string of the molecule is CC(C)c1ncc(Cc2ccc(Br)cc2)[nH]1. The van der Waals surface area contributed by atoms with Gasteiger partial charge in [0.05, 0.1) is 0 Å². The predicted octanol–water partition coefficient (Wildman–Crippen LogP) is 3.89. The van der Waals surface area contributed by atoms with Gasteiger partial charge in [0.25, 0.3) is 0 Å². The Hall–Kier alpha value is -1.09. The van der Waals surface area contributed by atoms with E-state index < -0.39 is 0 Å². The minimum absolute atomic E-state index is 0.457. The molecule has 0 aliphatic heterocycles. The van der Waals surface area contributed by atoms with Gasteiger partial charge in [-0.2, -0.15) is 0 Å². The first kappa shape index (κ1) is 11.4. The smallest absolute Gasteiger partial charge is 0.108 e. The molecule has 0 aliphatic carbocycles. The van der Waals surface area contributed by atoms with E-state index in [0.717, 1.165) is 16.7 Å². The summed E-state index contributed by atoms with van der Waals surface area (Å²) in [5.74, 6) is 1.52. The van der Waals surface area contributed by atoms with Crippen LogP contribution in [0.15, 0.2) is 34.9 Å². The number of aromatic amines is 1. The summed E-state index contributed by atoms with van der Waals surface area (Å²) in [5.41, 5.74) is 2.47. The standard InChI is InChI=1S/C13H15BrN2/c1-9(2)13-15-8-12(16-13)7-10-3-5-11(14)6-4-10/h3-6,8-9H,7H2,1-2H3,(H,15,16). The highest BCUT2D eigenvalue weighted by Crippen LogP contribution is 2.15. The van der Waals surface area contributed by atoms with Crippen molar-refractivity contribution in [2.24, 2.45) is 0 Å². The third-order valence-electron chi connectivity index (χ3n) is 2.50. The number of hydrogen-bond donors (Lipinski definition) is 1. The van der Waals surface area contributed by atoms with Crippen LogP contribution < -0.4 is 0 Å². The van der Waals surface area contributed by atoms with Crippen molar-refractivity contribution in [3.63, 3.8) is 0 Å². The van der Waals surface area contributed by atoms with Crippen LogP contribution in [0.3, 0.4) is 0 Å². The third kappa shape index (κ3) is 2.73. The summed E-state index contributed by atoms with van der Waals surface area (Å²) in [6, 6.07) is 8.38. The molecule has 2 nitrogen and oxygen atoms in total. The largest absolute Gasteiger partial charge is 0.345 e. The lowest BCUT2D eigenvalue weighted by molar-refractivity contribution is 0.790. The number of imidazole rings is 1. The van der Waals surface area contributed by atoms with E-state index in [0.29, 0.717) is 5.92 Å². The van der Waals surface area contributed by atoms with Gasteiger partial charge in [-0.1, -0.05) is 41.9 Å². The molecule has 1 aromatic heterocycles. The monoisotopic (exact) mass is 278 g/mol. The molecule has 16 heavy (non-hydrogen) atoms. The Balaban J connectivity index is 2.11. The van der Waals surface area contributed by atoms with Crippen LogP contribution in [0.4, 0.5) is 0 Å². The molecule has 84 valence electrons. The summed E-state index contributed by atoms with van der Waals surface area (Å²) >= 11 is 3.43. The van der Waals surface area contributed by atoms with E-state index in [-0.39, 0.29) is 0 Å². The van der Waals surface area contributed by atoms with Gasteiger partial charge in [0.2, 0.25) is 0 Å². The zero-order valence-electron chi connectivity index (χ0n) is 9.50. The average Bonchev–Trinajstić information content (AvgIpc) is 2.70. The Bertz CT molecular complexity index is 457. The normalized spacial score (nSPS) is 11.0. The van der Waals surface area contributed by atoms with E-state index in [9.17, 15) is 0 Å². The van der Waals surface area contributed by atoms with Crippen LogP contribution in [0.1, 0.15) is 36.8 Å². The molecular formula is C13H15BrN2. The fraction of sp³-hybridized carbons (Fsp3) is 0.308. The lowest BCUT2D eigenvalue weighted by Gasteiger charge is -2.00. The molecule has 0 atom stereocenters. The summed E-state index contributed by atoms with van der Waals surface area (Å²) in [5, 5.41) is 0. The molecule has 0 fully saturated rings. The molecule has 0 saturated heterocycles. The summed E-state index contributed by atoms with van der Waals surface area (Å²) in [4.78, 5) is 7.72. The molecule has 0 saturated carbocycles. The maximum atomic E-state index is 4.36. The number of nitrogens with one attached hydrogen (secondary N) is 1. The minimum Gasteiger partial charge on any atom is -0.345 e. The number of halogens is 1. The number of rotatable bonds is 3. The molecule has 0 amide bonds.